The van der Waals surface area contributed by atoms with E-state index in [2.05, 4.69) is 0 Å². The molecule has 0 radical (unpaired) electrons. The van der Waals surface area contributed by atoms with E-state index in [0.717, 1.165) is 6.07 Å². The van der Waals surface area contributed by atoms with Crippen LogP contribution in [0, 0.1) is 11.6 Å². The van der Waals surface area contributed by atoms with Gasteiger partial charge >= 0.3 is 6.03 Å². The van der Waals surface area contributed by atoms with Crippen molar-refractivity contribution in [2.75, 3.05) is 22.9 Å². The molecule has 9 heteroatoms. The molecule has 2 aromatic carbocycles. The van der Waals surface area contributed by atoms with Crippen molar-refractivity contribution in [1.29, 1.82) is 0 Å². The summed E-state index contributed by atoms with van der Waals surface area (Å²) in [5.41, 5.74) is 0.447. The molecule has 24 heavy (non-hydrogen) atoms. The molecule has 0 unspecified atom stereocenters. The Labute approximate surface area is 137 Å². The van der Waals surface area contributed by atoms with Gasteiger partial charge in [0.2, 0.25) is 10.0 Å². The number of primary sulfonamides is 1. The van der Waals surface area contributed by atoms with Crippen LogP contribution in [0.3, 0.4) is 0 Å². The minimum Gasteiger partial charge on any atom is -0.292 e. The third-order valence-electron chi connectivity index (χ3n) is 3.69. The Morgan fingerprint density at radius 3 is 2.17 bits per heavy atom. The number of rotatable bonds is 3. The maximum atomic E-state index is 13.9. The molecule has 0 aliphatic carbocycles. The van der Waals surface area contributed by atoms with Crippen molar-refractivity contribution in [1.82, 2.24) is 0 Å². The van der Waals surface area contributed by atoms with Gasteiger partial charge in [-0.1, -0.05) is 0 Å². The highest BCUT2D eigenvalue weighted by atomic mass is 32.2. The molecule has 3 rings (SSSR count). The Bertz CT molecular complexity index is 901. The normalized spacial score (nSPS) is 15.2. The lowest BCUT2D eigenvalue weighted by Crippen LogP contribution is -2.32. The van der Waals surface area contributed by atoms with Gasteiger partial charge in [-0.3, -0.25) is 9.80 Å². The summed E-state index contributed by atoms with van der Waals surface area (Å²) in [7, 11) is -3.82. The highest BCUT2D eigenvalue weighted by molar-refractivity contribution is 7.89. The number of nitrogens with two attached hydrogens (primary N) is 1. The quantitative estimate of drug-likeness (QED) is 0.917. The number of hydrogen-bond donors (Lipinski definition) is 1. The van der Waals surface area contributed by atoms with Crippen molar-refractivity contribution in [3.05, 3.63) is 54.1 Å². The number of anilines is 2. The molecule has 126 valence electrons. The fourth-order valence-electron chi connectivity index (χ4n) is 2.52. The zero-order valence-corrected chi connectivity index (χ0v) is 13.1. The molecular weight excluding hydrogens is 340 g/mol. The first-order chi connectivity index (χ1) is 11.3. The van der Waals surface area contributed by atoms with Crippen LogP contribution in [-0.2, 0) is 10.0 Å². The predicted molar refractivity (Wildman–Crippen MR) is 84.3 cm³/mol. The molecule has 1 heterocycles. The molecule has 0 spiro atoms. The monoisotopic (exact) mass is 353 g/mol. The van der Waals surface area contributed by atoms with Gasteiger partial charge in [0.05, 0.1) is 10.6 Å². The first kappa shape index (κ1) is 16.3. The number of urea groups is 1. The fourth-order valence-corrected chi connectivity index (χ4v) is 3.03. The van der Waals surface area contributed by atoms with Gasteiger partial charge in [-0.15, -0.1) is 0 Å². The van der Waals surface area contributed by atoms with Gasteiger partial charge in [0.25, 0.3) is 0 Å². The predicted octanol–water partition coefficient (Wildman–Crippen LogP) is 2.06. The third kappa shape index (κ3) is 2.95. The maximum Gasteiger partial charge on any atom is 0.329 e. The van der Waals surface area contributed by atoms with Crippen molar-refractivity contribution in [3.8, 4) is 0 Å². The average Bonchev–Trinajstić information content (AvgIpc) is 2.88. The van der Waals surface area contributed by atoms with Crippen molar-refractivity contribution in [3.63, 3.8) is 0 Å². The summed E-state index contributed by atoms with van der Waals surface area (Å²) < 4.78 is 49.3. The van der Waals surface area contributed by atoms with Crippen molar-refractivity contribution in [2.45, 2.75) is 4.90 Å². The van der Waals surface area contributed by atoms with Crippen molar-refractivity contribution in [2.24, 2.45) is 5.14 Å². The summed E-state index contributed by atoms with van der Waals surface area (Å²) in [6.07, 6.45) is 0. The molecule has 2 N–H and O–H groups in total. The first-order valence-corrected chi connectivity index (χ1v) is 8.49. The summed E-state index contributed by atoms with van der Waals surface area (Å²) in [6, 6.07) is 7.99. The van der Waals surface area contributed by atoms with E-state index in [4.69, 9.17) is 5.14 Å². The van der Waals surface area contributed by atoms with Crippen LogP contribution in [0.1, 0.15) is 0 Å². The van der Waals surface area contributed by atoms with E-state index < -0.39 is 27.7 Å². The molecule has 1 saturated heterocycles. The van der Waals surface area contributed by atoms with E-state index in [1.54, 1.807) is 0 Å². The fraction of sp³-hybridized carbons (Fsp3) is 0.133. The molecule has 2 aromatic rings. The van der Waals surface area contributed by atoms with Gasteiger partial charge in [0.1, 0.15) is 11.6 Å². The number of nitrogens with zero attached hydrogens (tertiary/aromatic N) is 2. The number of hydrogen-bond acceptors (Lipinski definition) is 3. The van der Waals surface area contributed by atoms with Gasteiger partial charge in [0, 0.05) is 24.8 Å². The minimum atomic E-state index is -3.82. The summed E-state index contributed by atoms with van der Waals surface area (Å²) >= 11 is 0. The van der Waals surface area contributed by atoms with E-state index in [9.17, 15) is 22.0 Å². The van der Waals surface area contributed by atoms with Crippen molar-refractivity contribution < 1.29 is 22.0 Å². The largest absolute Gasteiger partial charge is 0.329 e. The SMILES string of the molecule is NS(=O)(=O)c1ccc(N2CCN(c3ccc(F)cc3F)C2=O)cc1. The average molecular weight is 353 g/mol. The molecule has 0 aromatic heterocycles. The van der Waals surface area contributed by atoms with E-state index in [0.29, 0.717) is 11.8 Å². The van der Waals surface area contributed by atoms with Crippen LogP contribution in [0.5, 0.6) is 0 Å². The molecule has 0 bridgehead atoms. The Hall–Kier alpha value is -2.52. The highest BCUT2D eigenvalue weighted by Gasteiger charge is 2.32. The molecular formula is C15H13F2N3O3S. The van der Waals surface area contributed by atoms with Gasteiger partial charge in [-0.25, -0.2) is 27.1 Å². The second kappa shape index (κ2) is 5.84. The second-order valence-corrected chi connectivity index (χ2v) is 6.78. The van der Waals surface area contributed by atoms with Crippen LogP contribution in [0.2, 0.25) is 0 Å². The highest BCUT2D eigenvalue weighted by Crippen LogP contribution is 2.28. The van der Waals surface area contributed by atoms with Crippen LogP contribution in [-0.4, -0.2) is 27.5 Å². The Morgan fingerprint density at radius 2 is 1.58 bits per heavy atom. The lowest BCUT2D eigenvalue weighted by molar-refractivity contribution is 0.255. The topological polar surface area (TPSA) is 83.7 Å². The lowest BCUT2D eigenvalue weighted by atomic mass is 10.2. The number of sulfonamides is 1. The van der Waals surface area contributed by atoms with E-state index in [1.165, 1.54) is 40.1 Å². The summed E-state index contributed by atoms with van der Waals surface area (Å²) in [5, 5.41) is 5.03. The van der Waals surface area contributed by atoms with Crippen LogP contribution in [0.25, 0.3) is 0 Å². The number of carbonyl (C=O) groups is 1. The number of amides is 2. The maximum absolute atomic E-state index is 13.9. The number of benzene rings is 2. The summed E-state index contributed by atoms with van der Waals surface area (Å²) in [4.78, 5) is 15.0. The molecule has 1 fully saturated rings. The molecule has 0 atom stereocenters. The van der Waals surface area contributed by atoms with E-state index >= 15 is 0 Å². The zero-order chi connectivity index (χ0) is 17.5. The number of carbonyl (C=O) groups excluding carboxylic acids is 1. The van der Waals surface area contributed by atoms with Crippen LogP contribution < -0.4 is 14.9 Å². The first-order valence-electron chi connectivity index (χ1n) is 6.94. The van der Waals surface area contributed by atoms with Gasteiger partial charge in [0.15, 0.2) is 0 Å². The molecule has 1 aliphatic rings. The molecule has 1 aliphatic heterocycles. The van der Waals surface area contributed by atoms with Crippen LogP contribution in [0.15, 0.2) is 47.4 Å². The van der Waals surface area contributed by atoms with Crippen LogP contribution in [0.4, 0.5) is 25.0 Å². The Morgan fingerprint density at radius 1 is 0.958 bits per heavy atom. The van der Waals surface area contributed by atoms with Crippen molar-refractivity contribution >= 4 is 27.4 Å². The van der Waals surface area contributed by atoms with E-state index in [-0.39, 0.29) is 23.7 Å². The summed E-state index contributed by atoms with van der Waals surface area (Å²) in [6.45, 7) is 0.503. The third-order valence-corrected chi connectivity index (χ3v) is 4.62. The summed E-state index contributed by atoms with van der Waals surface area (Å²) in [5.74, 6) is -1.55. The van der Waals surface area contributed by atoms with Crippen LogP contribution >= 0.6 is 0 Å². The smallest absolute Gasteiger partial charge is 0.292 e. The van der Waals surface area contributed by atoms with Gasteiger partial charge < -0.3 is 0 Å². The lowest BCUT2D eigenvalue weighted by Gasteiger charge is -2.19. The Balaban J connectivity index is 1.86. The number of halogens is 2. The zero-order valence-electron chi connectivity index (χ0n) is 12.3. The van der Waals surface area contributed by atoms with E-state index in [1.807, 2.05) is 0 Å². The van der Waals surface area contributed by atoms with Gasteiger partial charge in [-0.05, 0) is 36.4 Å². The molecule has 6 nitrogen and oxygen atoms in total. The second-order valence-electron chi connectivity index (χ2n) is 5.22. The Kier molecular flexibility index (Phi) is 3.98. The minimum absolute atomic E-state index is 0.00921. The molecule has 2 amide bonds. The van der Waals surface area contributed by atoms with Gasteiger partial charge in [-0.2, -0.15) is 0 Å². The molecule has 0 saturated carbocycles. The standard InChI is InChI=1S/C15H13F2N3O3S/c16-10-1-6-14(13(17)9-10)20-8-7-19(15(20)21)11-2-4-12(5-3-11)24(18,22)23/h1-6,9H,7-8H2,(H2,18,22,23).